The monoisotopic (exact) mass is 400 g/mol. The summed E-state index contributed by atoms with van der Waals surface area (Å²) in [6, 6.07) is 8.15. The standard InChI is InChI=1S/C21H32N6O2/c1-15(29-19-12-8-7-11-18(19)28-4)13-22-21(24-17-9-5-6-10-17)23-14-20-26-25-16(2)27(20)3/h7-8,11-12,15,17H,5-6,9-10,13-14H2,1-4H3,(H2,22,23,24). The Hall–Kier alpha value is -2.77. The van der Waals surface area contributed by atoms with E-state index in [2.05, 4.69) is 20.8 Å². The largest absolute Gasteiger partial charge is 0.493 e. The van der Waals surface area contributed by atoms with Gasteiger partial charge in [0.25, 0.3) is 0 Å². The molecule has 0 spiro atoms. The highest BCUT2D eigenvalue weighted by molar-refractivity contribution is 5.80. The third-order valence-corrected chi connectivity index (χ3v) is 5.21. The molecule has 1 aromatic carbocycles. The number of rotatable bonds is 8. The Morgan fingerprint density at radius 3 is 2.62 bits per heavy atom. The number of para-hydroxylation sites is 2. The first-order valence-corrected chi connectivity index (χ1v) is 10.3. The molecule has 0 bridgehead atoms. The molecule has 0 radical (unpaired) electrons. The number of methoxy groups -OCH3 is 1. The van der Waals surface area contributed by atoms with Crippen LogP contribution in [0.4, 0.5) is 0 Å². The zero-order chi connectivity index (χ0) is 20.6. The van der Waals surface area contributed by atoms with Crippen LogP contribution in [0.15, 0.2) is 29.3 Å². The lowest BCUT2D eigenvalue weighted by atomic mass is 10.2. The molecule has 29 heavy (non-hydrogen) atoms. The minimum absolute atomic E-state index is 0.0565. The molecule has 1 aliphatic rings. The highest BCUT2D eigenvalue weighted by atomic mass is 16.5. The van der Waals surface area contributed by atoms with Gasteiger partial charge in [0.05, 0.1) is 13.7 Å². The molecule has 1 aromatic heterocycles. The van der Waals surface area contributed by atoms with Crippen LogP contribution >= 0.6 is 0 Å². The van der Waals surface area contributed by atoms with E-state index < -0.39 is 0 Å². The maximum Gasteiger partial charge on any atom is 0.192 e. The van der Waals surface area contributed by atoms with Gasteiger partial charge < -0.3 is 24.7 Å². The molecule has 0 aliphatic heterocycles. The SMILES string of the molecule is COc1ccccc1OC(C)CNC(=NCc1nnc(C)n1C)NC1CCCC1. The van der Waals surface area contributed by atoms with Gasteiger partial charge in [-0.05, 0) is 38.8 Å². The van der Waals surface area contributed by atoms with Gasteiger partial charge in [-0.2, -0.15) is 0 Å². The number of aryl methyl sites for hydroxylation is 1. The third-order valence-electron chi connectivity index (χ3n) is 5.21. The van der Waals surface area contributed by atoms with Gasteiger partial charge in [-0.15, -0.1) is 10.2 Å². The topological polar surface area (TPSA) is 85.6 Å². The zero-order valence-corrected chi connectivity index (χ0v) is 17.8. The fourth-order valence-electron chi connectivity index (χ4n) is 3.37. The summed E-state index contributed by atoms with van der Waals surface area (Å²) in [4.78, 5) is 4.74. The summed E-state index contributed by atoms with van der Waals surface area (Å²) < 4.78 is 13.4. The summed E-state index contributed by atoms with van der Waals surface area (Å²) in [5.41, 5.74) is 0. The molecule has 8 heteroatoms. The van der Waals surface area contributed by atoms with Crippen LogP contribution < -0.4 is 20.1 Å². The molecular weight excluding hydrogens is 368 g/mol. The first-order valence-electron chi connectivity index (χ1n) is 10.3. The maximum atomic E-state index is 6.05. The second-order valence-electron chi connectivity index (χ2n) is 7.47. The summed E-state index contributed by atoms with van der Waals surface area (Å²) in [5.74, 6) is 3.98. The van der Waals surface area contributed by atoms with Crippen molar-refractivity contribution in [3.8, 4) is 11.5 Å². The van der Waals surface area contributed by atoms with E-state index in [-0.39, 0.29) is 6.10 Å². The van der Waals surface area contributed by atoms with Gasteiger partial charge in [0.15, 0.2) is 23.3 Å². The highest BCUT2D eigenvalue weighted by Gasteiger charge is 2.17. The average Bonchev–Trinajstić information content (AvgIpc) is 3.35. The number of ether oxygens (including phenoxy) is 2. The molecular formula is C21H32N6O2. The van der Waals surface area contributed by atoms with Crippen LogP contribution in [0.2, 0.25) is 0 Å². The quantitative estimate of drug-likeness (QED) is 0.523. The van der Waals surface area contributed by atoms with E-state index in [4.69, 9.17) is 14.5 Å². The van der Waals surface area contributed by atoms with Crippen LogP contribution in [-0.2, 0) is 13.6 Å². The zero-order valence-electron chi connectivity index (χ0n) is 17.8. The normalized spacial score (nSPS) is 15.9. The molecule has 2 aromatic rings. The lowest BCUT2D eigenvalue weighted by molar-refractivity contribution is 0.213. The lowest BCUT2D eigenvalue weighted by Crippen LogP contribution is -2.45. The van der Waals surface area contributed by atoms with E-state index in [0.717, 1.165) is 29.1 Å². The lowest BCUT2D eigenvalue weighted by Gasteiger charge is -2.21. The van der Waals surface area contributed by atoms with Gasteiger partial charge in [-0.3, -0.25) is 0 Å². The number of aliphatic imine (C=N–C) groups is 1. The minimum atomic E-state index is -0.0565. The van der Waals surface area contributed by atoms with E-state index in [1.54, 1.807) is 7.11 Å². The van der Waals surface area contributed by atoms with E-state index >= 15 is 0 Å². The summed E-state index contributed by atoms with van der Waals surface area (Å²) in [6.45, 7) is 5.06. The van der Waals surface area contributed by atoms with Crippen molar-refractivity contribution in [1.29, 1.82) is 0 Å². The van der Waals surface area contributed by atoms with Gasteiger partial charge in [0.1, 0.15) is 18.5 Å². The number of aromatic nitrogens is 3. The predicted octanol–water partition coefficient (Wildman–Crippen LogP) is 2.58. The molecule has 158 valence electrons. The highest BCUT2D eigenvalue weighted by Crippen LogP contribution is 2.26. The van der Waals surface area contributed by atoms with Gasteiger partial charge in [0, 0.05) is 13.1 Å². The van der Waals surface area contributed by atoms with Crippen LogP contribution in [0, 0.1) is 6.92 Å². The summed E-state index contributed by atoms with van der Waals surface area (Å²) in [5, 5.41) is 15.3. The average molecular weight is 401 g/mol. The Kier molecular flexibility index (Phi) is 7.32. The minimum Gasteiger partial charge on any atom is -0.493 e. The molecule has 0 saturated heterocycles. The second kappa shape index (κ2) is 10.1. The van der Waals surface area contributed by atoms with Crippen LogP contribution in [0.25, 0.3) is 0 Å². The molecule has 0 amide bonds. The van der Waals surface area contributed by atoms with Gasteiger partial charge in [-0.25, -0.2) is 4.99 Å². The predicted molar refractivity (Wildman–Crippen MR) is 113 cm³/mol. The van der Waals surface area contributed by atoms with Crippen LogP contribution in [0.1, 0.15) is 44.3 Å². The van der Waals surface area contributed by atoms with Crippen LogP contribution in [0.5, 0.6) is 11.5 Å². The van der Waals surface area contributed by atoms with Gasteiger partial charge in [-0.1, -0.05) is 25.0 Å². The molecule has 8 nitrogen and oxygen atoms in total. The Bertz CT molecular complexity index is 813. The summed E-state index contributed by atoms with van der Waals surface area (Å²) in [6.07, 6.45) is 4.83. The summed E-state index contributed by atoms with van der Waals surface area (Å²) in [7, 11) is 3.61. The molecule has 1 fully saturated rings. The Labute approximate surface area is 172 Å². The fourth-order valence-corrected chi connectivity index (χ4v) is 3.37. The Balaban J connectivity index is 1.61. The third kappa shape index (κ3) is 5.85. The molecule has 1 atom stereocenters. The number of hydrogen-bond donors (Lipinski definition) is 2. The van der Waals surface area contributed by atoms with Crippen molar-refractivity contribution in [3.63, 3.8) is 0 Å². The number of guanidine groups is 1. The van der Waals surface area contributed by atoms with Crippen molar-refractivity contribution in [2.45, 2.75) is 58.2 Å². The summed E-state index contributed by atoms with van der Waals surface area (Å²) >= 11 is 0. The van der Waals surface area contributed by atoms with Crippen molar-refractivity contribution in [3.05, 3.63) is 35.9 Å². The van der Waals surface area contributed by atoms with Crippen molar-refractivity contribution in [2.75, 3.05) is 13.7 Å². The molecule has 1 saturated carbocycles. The maximum absolute atomic E-state index is 6.05. The van der Waals surface area contributed by atoms with Gasteiger partial charge >= 0.3 is 0 Å². The van der Waals surface area contributed by atoms with E-state index in [1.807, 2.05) is 49.7 Å². The van der Waals surface area contributed by atoms with E-state index in [0.29, 0.717) is 19.1 Å². The number of hydrogen-bond acceptors (Lipinski definition) is 5. The van der Waals surface area contributed by atoms with Crippen molar-refractivity contribution in [2.24, 2.45) is 12.0 Å². The second-order valence-corrected chi connectivity index (χ2v) is 7.47. The first-order chi connectivity index (χ1) is 14.1. The van der Waals surface area contributed by atoms with Crippen LogP contribution in [0.3, 0.4) is 0 Å². The van der Waals surface area contributed by atoms with Crippen molar-refractivity contribution < 1.29 is 9.47 Å². The van der Waals surface area contributed by atoms with Crippen molar-refractivity contribution >= 4 is 5.96 Å². The number of nitrogens with one attached hydrogen (secondary N) is 2. The molecule has 1 heterocycles. The molecule has 1 unspecified atom stereocenters. The van der Waals surface area contributed by atoms with E-state index in [1.165, 1.54) is 25.7 Å². The van der Waals surface area contributed by atoms with Crippen LogP contribution in [-0.4, -0.2) is 46.5 Å². The number of nitrogens with zero attached hydrogens (tertiary/aromatic N) is 4. The molecule has 1 aliphatic carbocycles. The Morgan fingerprint density at radius 2 is 1.97 bits per heavy atom. The smallest absolute Gasteiger partial charge is 0.192 e. The number of benzene rings is 1. The fraction of sp³-hybridized carbons (Fsp3) is 0.571. The van der Waals surface area contributed by atoms with Crippen molar-refractivity contribution in [1.82, 2.24) is 25.4 Å². The molecule has 3 rings (SSSR count). The first kappa shape index (κ1) is 21.0. The Morgan fingerprint density at radius 1 is 1.24 bits per heavy atom. The van der Waals surface area contributed by atoms with E-state index in [9.17, 15) is 0 Å². The van der Waals surface area contributed by atoms with Gasteiger partial charge in [0.2, 0.25) is 0 Å². The molecule has 2 N–H and O–H groups in total.